The van der Waals surface area contributed by atoms with Crippen LogP contribution in [0.2, 0.25) is 0 Å². The molecular weight excluding hydrogens is 476 g/mol. The maximum absolute atomic E-state index is 13.0. The largest absolute Gasteiger partial charge is 0.493 e. The van der Waals surface area contributed by atoms with Gasteiger partial charge in [-0.1, -0.05) is 6.07 Å². The zero-order valence-electron chi connectivity index (χ0n) is 18.6. The number of non-ortho nitro benzene ring substituents is 1. The first-order valence-corrected chi connectivity index (χ1v) is 11.8. The highest BCUT2D eigenvalue weighted by atomic mass is 32.2. The highest BCUT2D eigenvalue weighted by molar-refractivity contribution is 7.89. The van der Waals surface area contributed by atoms with Crippen molar-refractivity contribution < 1.29 is 27.6 Å². The van der Waals surface area contributed by atoms with Gasteiger partial charge in [-0.25, -0.2) is 8.42 Å². The minimum absolute atomic E-state index is 0.100. The molecule has 0 aromatic heterocycles. The van der Waals surface area contributed by atoms with Crippen LogP contribution in [0.3, 0.4) is 0 Å². The highest BCUT2D eigenvalue weighted by Crippen LogP contribution is 2.31. The number of hydrogen-bond acceptors (Lipinski definition) is 9. The third kappa shape index (κ3) is 5.81. The number of carbonyl (C=O) groups excluding carboxylic acids is 1. The van der Waals surface area contributed by atoms with Gasteiger partial charge in [0.25, 0.3) is 5.69 Å². The normalized spacial score (nSPS) is 15.8. The number of hydrogen-bond donors (Lipinski definition) is 0. The number of nitrogens with zero attached hydrogens (tertiary/aromatic N) is 4. The van der Waals surface area contributed by atoms with Gasteiger partial charge < -0.3 is 9.47 Å². The molecule has 1 atom stereocenters. The first-order chi connectivity index (χ1) is 16.7. The summed E-state index contributed by atoms with van der Waals surface area (Å²) < 4.78 is 37.9. The Balaban J connectivity index is 1.75. The van der Waals surface area contributed by atoms with Crippen molar-refractivity contribution in [2.75, 3.05) is 20.2 Å². The van der Waals surface area contributed by atoms with Crippen molar-refractivity contribution in [3.8, 4) is 23.6 Å². The Morgan fingerprint density at radius 3 is 2.46 bits per heavy atom. The van der Waals surface area contributed by atoms with E-state index in [4.69, 9.17) is 20.0 Å². The van der Waals surface area contributed by atoms with E-state index < -0.39 is 26.8 Å². The number of nitriles is 2. The molecule has 1 heterocycles. The molecule has 0 spiro atoms. The molecule has 180 valence electrons. The minimum Gasteiger partial charge on any atom is -0.493 e. The van der Waals surface area contributed by atoms with Crippen LogP contribution in [-0.4, -0.2) is 43.8 Å². The monoisotopic (exact) mass is 496 g/mol. The summed E-state index contributed by atoms with van der Waals surface area (Å²) in [6.07, 6.45) is 2.20. The molecule has 3 rings (SSSR count). The summed E-state index contributed by atoms with van der Waals surface area (Å²) in [5, 5.41) is 28.6. The van der Waals surface area contributed by atoms with Crippen molar-refractivity contribution in [3.63, 3.8) is 0 Å². The molecule has 1 saturated heterocycles. The fourth-order valence-corrected chi connectivity index (χ4v) is 5.07. The zero-order valence-corrected chi connectivity index (χ0v) is 19.4. The number of nitro groups is 1. The number of allylic oxidation sites excluding steroid dienone is 1. The lowest BCUT2D eigenvalue weighted by Gasteiger charge is -2.30. The van der Waals surface area contributed by atoms with Gasteiger partial charge in [0.1, 0.15) is 17.7 Å². The van der Waals surface area contributed by atoms with Gasteiger partial charge in [-0.2, -0.15) is 14.8 Å². The number of sulfonamides is 1. The van der Waals surface area contributed by atoms with E-state index in [0.717, 1.165) is 12.1 Å². The first kappa shape index (κ1) is 25.4. The summed E-state index contributed by atoms with van der Waals surface area (Å²) >= 11 is 0. The maximum atomic E-state index is 13.0. The van der Waals surface area contributed by atoms with Gasteiger partial charge in [-0.15, -0.1) is 0 Å². The van der Waals surface area contributed by atoms with Crippen molar-refractivity contribution in [1.82, 2.24) is 4.31 Å². The zero-order chi connectivity index (χ0) is 25.6. The number of benzene rings is 2. The summed E-state index contributed by atoms with van der Waals surface area (Å²) in [4.78, 5) is 23.0. The number of rotatable bonds is 7. The molecule has 2 aromatic rings. The molecular formula is C23H20N4O7S. The van der Waals surface area contributed by atoms with E-state index in [1.165, 1.54) is 41.8 Å². The second kappa shape index (κ2) is 10.8. The van der Waals surface area contributed by atoms with Gasteiger partial charge in [0.2, 0.25) is 10.0 Å². The van der Waals surface area contributed by atoms with Crippen LogP contribution in [0.4, 0.5) is 5.69 Å². The summed E-state index contributed by atoms with van der Waals surface area (Å²) in [5.74, 6) is -1.05. The predicted octanol–water partition coefficient (Wildman–Crippen LogP) is 3.04. The number of nitro benzene ring substituents is 1. The number of piperidine rings is 1. The SMILES string of the molecule is COc1cc(C=C(C#N)C#N)ccc1OC(=O)C1CCCN(S(=O)(=O)c2ccc([N+](=O)[O-])cc2)C1. The van der Waals surface area contributed by atoms with Crippen molar-refractivity contribution in [2.24, 2.45) is 5.92 Å². The fourth-order valence-electron chi connectivity index (χ4n) is 3.55. The van der Waals surface area contributed by atoms with Gasteiger partial charge in [-0.05, 0) is 48.7 Å². The van der Waals surface area contributed by atoms with E-state index in [1.54, 1.807) is 18.2 Å². The third-order valence-electron chi connectivity index (χ3n) is 5.35. The number of esters is 1. The summed E-state index contributed by atoms with van der Waals surface area (Å²) in [5.41, 5.74) is 0.169. The average Bonchev–Trinajstić information content (AvgIpc) is 2.88. The summed E-state index contributed by atoms with van der Waals surface area (Å²) in [7, 11) is -2.59. The van der Waals surface area contributed by atoms with Crippen molar-refractivity contribution in [1.29, 1.82) is 10.5 Å². The van der Waals surface area contributed by atoms with Crippen LogP contribution in [0, 0.1) is 38.7 Å². The Morgan fingerprint density at radius 2 is 1.86 bits per heavy atom. The van der Waals surface area contributed by atoms with E-state index in [0.29, 0.717) is 18.4 Å². The van der Waals surface area contributed by atoms with Crippen LogP contribution in [-0.2, 0) is 14.8 Å². The molecule has 1 aliphatic rings. The second-order valence-electron chi connectivity index (χ2n) is 7.57. The lowest BCUT2D eigenvalue weighted by Crippen LogP contribution is -2.43. The lowest BCUT2D eigenvalue weighted by molar-refractivity contribution is -0.384. The smallest absolute Gasteiger partial charge is 0.315 e. The van der Waals surface area contributed by atoms with Crippen LogP contribution in [0.5, 0.6) is 11.5 Å². The molecule has 1 fully saturated rings. The number of ether oxygens (including phenoxy) is 2. The standard InChI is InChI=1S/C23H20N4O7S/c1-33-22-12-16(11-17(13-24)14-25)4-9-21(22)34-23(28)18-3-2-10-26(15-18)35(31,32)20-7-5-19(6-8-20)27(29)30/h4-9,11-12,18H,2-3,10,15H2,1H3. The Morgan fingerprint density at radius 1 is 1.17 bits per heavy atom. The third-order valence-corrected chi connectivity index (χ3v) is 7.23. The molecule has 0 saturated carbocycles. The summed E-state index contributed by atoms with van der Waals surface area (Å²) in [6, 6.07) is 12.6. The molecule has 0 N–H and O–H groups in total. The number of carbonyl (C=O) groups is 1. The van der Waals surface area contributed by atoms with Crippen LogP contribution >= 0.6 is 0 Å². The van der Waals surface area contributed by atoms with E-state index in [9.17, 15) is 23.3 Å². The Hall–Kier alpha value is -4.26. The molecule has 0 amide bonds. The van der Waals surface area contributed by atoms with Gasteiger partial charge in [0.05, 0.1) is 22.8 Å². The molecule has 11 nitrogen and oxygen atoms in total. The number of methoxy groups -OCH3 is 1. The van der Waals surface area contributed by atoms with E-state index in [1.807, 2.05) is 0 Å². The quantitative estimate of drug-likeness (QED) is 0.184. The van der Waals surface area contributed by atoms with Crippen LogP contribution in [0.15, 0.2) is 52.9 Å². The molecule has 1 aliphatic heterocycles. The highest BCUT2D eigenvalue weighted by Gasteiger charge is 2.34. The molecule has 12 heteroatoms. The van der Waals surface area contributed by atoms with Crippen LogP contribution in [0.1, 0.15) is 18.4 Å². The van der Waals surface area contributed by atoms with E-state index in [-0.39, 0.29) is 40.7 Å². The lowest BCUT2D eigenvalue weighted by atomic mass is 10.00. The predicted molar refractivity (Wildman–Crippen MR) is 122 cm³/mol. The first-order valence-electron chi connectivity index (χ1n) is 10.4. The topological polar surface area (TPSA) is 164 Å². The molecule has 0 bridgehead atoms. The van der Waals surface area contributed by atoms with Crippen LogP contribution < -0.4 is 9.47 Å². The molecule has 2 aromatic carbocycles. The van der Waals surface area contributed by atoms with Crippen LogP contribution in [0.25, 0.3) is 6.08 Å². The fraction of sp³-hybridized carbons (Fsp3) is 0.261. The van der Waals surface area contributed by atoms with E-state index >= 15 is 0 Å². The Labute approximate surface area is 201 Å². The van der Waals surface area contributed by atoms with E-state index in [2.05, 4.69) is 0 Å². The Kier molecular flexibility index (Phi) is 7.81. The van der Waals surface area contributed by atoms with Crippen molar-refractivity contribution >= 4 is 27.8 Å². The van der Waals surface area contributed by atoms with Gasteiger partial charge in [-0.3, -0.25) is 14.9 Å². The van der Waals surface area contributed by atoms with Gasteiger partial charge in [0, 0.05) is 25.2 Å². The molecule has 0 aliphatic carbocycles. The summed E-state index contributed by atoms with van der Waals surface area (Å²) in [6.45, 7) is 0.0998. The molecule has 1 unspecified atom stereocenters. The Bertz CT molecular complexity index is 1340. The molecule has 0 radical (unpaired) electrons. The van der Waals surface area contributed by atoms with Crippen molar-refractivity contribution in [2.45, 2.75) is 17.7 Å². The van der Waals surface area contributed by atoms with Gasteiger partial charge in [0.15, 0.2) is 11.5 Å². The minimum atomic E-state index is -3.96. The average molecular weight is 497 g/mol. The molecule has 35 heavy (non-hydrogen) atoms. The maximum Gasteiger partial charge on any atom is 0.315 e. The second-order valence-corrected chi connectivity index (χ2v) is 9.50. The van der Waals surface area contributed by atoms with Crippen molar-refractivity contribution in [3.05, 3.63) is 63.7 Å². The van der Waals surface area contributed by atoms with Gasteiger partial charge >= 0.3 is 5.97 Å².